The highest BCUT2D eigenvalue weighted by Crippen LogP contribution is 2.20. The smallest absolute Gasteiger partial charge is 0.410 e. The van der Waals surface area contributed by atoms with Gasteiger partial charge in [0.25, 0.3) is 0 Å². The van der Waals surface area contributed by atoms with E-state index in [9.17, 15) is 9.59 Å². The number of anilines is 1. The zero-order valence-electron chi connectivity index (χ0n) is 16.5. The SMILES string of the molecule is CN(C)c1ccc(CNC(=O)[C@@H]2CCCN(C(=O)OC(C)(C)C)C2)cc1. The van der Waals surface area contributed by atoms with Crippen molar-refractivity contribution in [1.82, 2.24) is 10.2 Å². The molecule has 0 unspecified atom stereocenters. The van der Waals surface area contributed by atoms with E-state index in [2.05, 4.69) is 5.32 Å². The molecular weight excluding hydrogens is 330 g/mol. The first-order valence-electron chi connectivity index (χ1n) is 9.17. The average Bonchev–Trinajstić information content (AvgIpc) is 2.58. The first-order valence-corrected chi connectivity index (χ1v) is 9.17. The summed E-state index contributed by atoms with van der Waals surface area (Å²) < 4.78 is 5.42. The van der Waals surface area contributed by atoms with Gasteiger partial charge in [-0.2, -0.15) is 0 Å². The molecule has 0 radical (unpaired) electrons. The zero-order chi connectivity index (χ0) is 19.3. The molecule has 6 nitrogen and oxygen atoms in total. The standard InChI is InChI=1S/C20H31N3O3/c1-20(2,3)26-19(25)23-12-6-7-16(14-23)18(24)21-13-15-8-10-17(11-9-15)22(4)5/h8-11,16H,6-7,12-14H2,1-5H3,(H,21,24)/t16-/m1/s1. The Morgan fingerprint density at radius 3 is 2.46 bits per heavy atom. The highest BCUT2D eigenvalue weighted by atomic mass is 16.6. The Hall–Kier alpha value is -2.24. The largest absolute Gasteiger partial charge is 0.444 e. The van der Waals surface area contributed by atoms with Crippen molar-refractivity contribution in [3.63, 3.8) is 0 Å². The molecule has 1 aliphatic rings. The van der Waals surface area contributed by atoms with E-state index in [0.717, 1.165) is 24.1 Å². The lowest BCUT2D eigenvalue weighted by molar-refractivity contribution is -0.126. The normalized spacial score (nSPS) is 17.6. The lowest BCUT2D eigenvalue weighted by atomic mass is 9.97. The van der Waals surface area contributed by atoms with Crippen LogP contribution >= 0.6 is 0 Å². The Kier molecular flexibility index (Phi) is 6.51. The minimum Gasteiger partial charge on any atom is -0.444 e. The Bertz CT molecular complexity index is 620. The summed E-state index contributed by atoms with van der Waals surface area (Å²) in [5, 5.41) is 2.99. The van der Waals surface area contributed by atoms with Crippen LogP contribution in [-0.4, -0.2) is 49.7 Å². The molecule has 0 saturated carbocycles. The summed E-state index contributed by atoms with van der Waals surface area (Å²) >= 11 is 0. The van der Waals surface area contributed by atoms with Crippen LogP contribution in [0.15, 0.2) is 24.3 Å². The maximum Gasteiger partial charge on any atom is 0.410 e. The summed E-state index contributed by atoms with van der Waals surface area (Å²) in [6, 6.07) is 8.10. The number of nitrogens with one attached hydrogen (secondary N) is 1. The van der Waals surface area contributed by atoms with Gasteiger partial charge in [0.2, 0.25) is 5.91 Å². The van der Waals surface area contributed by atoms with Crippen molar-refractivity contribution < 1.29 is 14.3 Å². The van der Waals surface area contributed by atoms with Crippen LogP contribution in [0.2, 0.25) is 0 Å². The van der Waals surface area contributed by atoms with Gasteiger partial charge in [-0.3, -0.25) is 4.79 Å². The van der Waals surface area contributed by atoms with Crippen molar-refractivity contribution in [2.75, 3.05) is 32.1 Å². The molecule has 1 saturated heterocycles. The van der Waals surface area contributed by atoms with E-state index in [4.69, 9.17) is 4.74 Å². The molecule has 0 bridgehead atoms. The predicted molar refractivity (Wildman–Crippen MR) is 103 cm³/mol. The monoisotopic (exact) mass is 361 g/mol. The van der Waals surface area contributed by atoms with Gasteiger partial charge in [0.05, 0.1) is 5.92 Å². The second kappa shape index (κ2) is 8.43. The van der Waals surface area contributed by atoms with Crippen LogP contribution in [-0.2, 0) is 16.1 Å². The first kappa shape index (κ1) is 20.1. The Morgan fingerprint density at radius 2 is 1.88 bits per heavy atom. The molecule has 2 rings (SSSR count). The van der Waals surface area contributed by atoms with Gasteiger partial charge in [-0.15, -0.1) is 0 Å². The third kappa shape index (κ3) is 5.93. The maximum absolute atomic E-state index is 12.5. The van der Waals surface area contributed by atoms with E-state index in [1.807, 2.05) is 64.0 Å². The fourth-order valence-electron chi connectivity index (χ4n) is 2.93. The lowest BCUT2D eigenvalue weighted by Crippen LogP contribution is -2.46. The third-order valence-corrected chi connectivity index (χ3v) is 4.36. The van der Waals surface area contributed by atoms with Crippen LogP contribution in [0.1, 0.15) is 39.2 Å². The fourth-order valence-corrected chi connectivity index (χ4v) is 2.93. The Labute approximate surface area is 156 Å². The highest BCUT2D eigenvalue weighted by Gasteiger charge is 2.30. The maximum atomic E-state index is 12.5. The summed E-state index contributed by atoms with van der Waals surface area (Å²) in [6.45, 7) is 7.10. The minimum atomic E-state index is -0.523. The summed E-state index contributed by atoms with van der Waals surface area (Å²) in [5.41, 5.74) is 1.66. The van der Waals surface area contributed by atoms with Crippen molar-refractivity contribution in [2.24, 2.45) is 5.92 Å². The molecule has 6 heteroatoms. The molecule has 0 spiro atoms. The number of carbonyl (C=O) groups is 2. The number of carbonyl (C=O) groups excluding carboxylic acids is 2. The molecule has 1 atom stereocenters. The summed E-state index contributed by atoms with van der Waals surface area (Å²) in [4.78, 5) is 28.4. The molecule has 1 aromatic rings. The highest BCUT2D eigenvalue weighted by molar-refractivity contribution is 5.80. The topological polar surface area (TPSA) is 61.9 Å². The van der Waals surface area contributed by atoms with Gasteiger partial charge in [-0.25, -0.2) is 4.79 Å². The number of ether oxygens (including phenoxy) is 1. The van der Waals surface area contributed by atoms with Crippen LogP contribution in [0.4, 0.5) is 10.5 Å². The van der Waals surface area contributed by atoms with Crippen LogP contribution in [0.25, 0.3) is 0 Å². The molecule has 0 aromatic heterocycles. The van der Waals surface area contributed by atoms with Crippen LogP contribution < -0.4 is 10.2 Å². The quantitative estimate of drug-likeness (QED) is 0.895. The number of piperidine rings is 1. The number of rotatable bonds is 4. The summed E-state index contributed by atoms with van der Waals surface area (Å²) in [6.07, 6.45) is 1.27. The molecule has 1 fully saturated rings. The Morgan fingerprint density at radius 1 is 1.23 bits per heavy atom. The van der Waals surface area contributed by atoms with Gasteiger partial charge in [0.1, 0.15) is 5.60 Å². The van der Waals surface area contributed by atoms with E-state index in [1.165, 1.54) is 0 Å². The molecular formula is C20H31N3O3. The predicted octanol–water partition coefficient (Wildman–Crippen LogP) is 3.02. The average molecular weight is 361 g/mol. The molecule has 1 aliphatic heterocycles. The molecule has 0 aliphatic carbocycles. The van der Waals surface area contributed by atoms with Gasteiger partial charge >= 0.3 is 6.09 Å². The van der Waals surface area contributed by atoms with Crippen molar-refractivity contribution in [3.8, 4) is 0 Å². The van der Waals surface area contributed by atoms with Crippen LogP contribution in [0, 0.1) is 5.92 Å². The number of nitrogens with zero attached hydrogens (tertiary/aromatic N) is 2. The molecule has 1 N–H and O–H groups in total. The van der Waals surface area contributed by atoms with Crippen LogP contribution in [0.5, 0.6) is 0 Å². The molecule has 1 heterocycles. The van der Waals surface area contributed by atoms with Gasteiger partial charge in [-0.05, 0) is 51.3 Å². The van der Waals surface area contributed by atoms with Crippen molar-refractivity contribution in [1.29, 1.82) is 0 Å². The summed E-state index contributed by atoms with van der Waals surface area (Å²) in [7, 11) is 3.99. The van der Waals surface area contributed by atoms with E-state index in [0.29, 0.717) is 19.6 Å². The van der Waals surface area contributed by atoms with Crippen molar-refractivity contribution in [2.45, 2.75) is 45.8 Å². The molecule has 26 heavy (non-hydrogen) atoms. The second-order valence-electron chi connectivity index (χ2n) is 8.04. The van der Waals surface area contributed by atoms with Crippen molar-refractivity contribution in [3.05, 3.63) is 29.8 Å². The molecule has 1 aromatic carbocycles. The summed E-state index contributed by atoms with van der Waals surface area (Å²) in [5.74, 6) is -0.188. The van der Waals surface area contributed by atoms with Gasteiger partial charge in [0, 0.05) is 39.4 Å². The fraction of sp³-hybridized carbons (Fsp3) is 0.600. The lowest BCUT2D eigenvalue weighted by Gasteiger charge is -2.33. The second-order valence-corrected chi connectivity index (χ2v) is 8.04. The minimum absolute atomic E-state index is 0.00468. The molecule has 144 valence electrons. The van der Waals surface area contributed by atoms with E-state index in [1.54, 1.807) is 4.90 Å². The van der Waals surface area contributed by atoms with Crippen LogP contribution in [0.3, 0.4) is 0 Å². The Balaban J connectivity index is 1.85. The first-order chi connectivity index (χ1) is 12.2. The number of hydrogen-bond acceptors (Lipinski definition) is 4. The number of benzene rings is 1. The third-order valence-electron chi connectivity index (χ3n) is 4.36. The zero-order valence-corrected chi connectivity index (χ0v) is 16.5. The van der Waals surface area contributed by atoms with Gasteiger partial charge < -0.3 is 19.9 Å². The van der Waals surface area contributed by atoms with E-state index < -0.39 is 5.60 Å². The van der Waals surface area contributed by atoms with Gasteiger partial charge in [-0.1, -0.05) is 12.1 Å². The molecule has 2 amide bonds. The van der Waals surface area contributed by atoms with E-state index in [-0.39, 0.29) is 17.9 Å². The number of hydrogen-bond donors (Lipinski definition) is 1. The van der Waals surface area contributed by atoms with Crippen molar-refractivity contribution >= 4 is 17.7 Å². The van der Waals surface area contributed by atoms with E-state index >= 15 is 0 Å². The van der Waals surface area contributed by atoms with Gasteiger partial charge in [0.15, 0.2) is 0 Å². The number of amides is 2. The number of likely N-dealkylation sites (tertiary alicyclic amines) is 1.